The zero-order chi connectivity index (χ0) is 27.1. The maximum absolute atomic E-state index is 13.8. The van der Waals surface area contributed by atoms with Crippen molar-refractivity contribution in [1.82, 2.24) is 8.65 Å². The number of rotatable bonds is 6. The number of carboxylic acid groups (broad SMARTS) is 1. The highest BCUT2D eigenvalue weighted by Gasteiger charge is 2.29. The Balaban J connectivity index is 2.11. The fourth-order valence-corrected chi connectivity index (χ4v) is 5.27. The lowest BCUT2D eigenvalue weighted by Crippen LogP contribution is -2.51. The summed E-state index contributed by atoms with van der Waals surface area (Å²) in [5.74, 6) is -1.90. The van der Waals surface area contributed by atoms with Gasteiger partial charge in [0.2, 0.25) is 12.5 Å². The van der Waals surface area contributed by atoms with Crippen LogP contribution in [-0.4, -0.2) is 34.0 Å². The number of amides is 1. The van der Waals surface area contributed by atoms with Crippen molar-refractivity contribution in [3.63, 3.8) is 0 Å². The third-order valence-electron chi connectivity index (χ3n) is 5.21. The molecule has 190 valence electrons. The van der Waals surface area contributed by atoms with Crippen molar-refractivity contribution < 1.29 is 27.7 Å². The molecule has 2 heterocycles. The van der Waals surface area contributed by atoms with Crippen LogP contribution < -0.4 is 20.8 Å². The maximum atomic E-state index is 13.8. The van der Waals surface area contributed by atoms with Crippen LogP contribution in [0.4, 0.5) is 5.69 Å². The van der Waals surface area contributed by atoms with Crippen LogP contribution in [0.15, 0.2) is 81.5 Å². The normalized spacial score (nSPS) is 11.4. The fourth-order valence-electron chi connectivity index (χ4n) is 3.69. The van der Waals surface area contributed by atoms with Crippen molar-refractivity contribution >= 4 is 61.7 Å². The second kappa shape index (κ2) is 9.81. The number of benzene rings is 2. The average molecular weight is 564 g/mol. The highest BCUT2D eigenvalue weighted by molar-refractivity contribution is 7.90. The topological polar surface area (TPSA) is 140 Å². The number of carboxylic acids is 1. The van der Waals surface area contributed by atoms with Gasteiger partial charge in [0.15, 0.2) is 12.4 Å². The fraction of sp³-hybridized carbons (Fsp3) is 0.0870. The molecule has 2 aromatic heterocycles. The third-order valence-corrected chi connectivity index (χ3v) is 7.37. The molecule has 0 fully saturated rings. The first-order valence-electron chi connectivity index (χ1n) is 10.4. The minimum atomic E-state index is -4.75. The number of anilines is 1. The molecule has 0 spiro atoms. The number of carbonyl (C=O) groups is 2. The van der Waals surface area contributed by atoms with Gasteiger partial charge in [-0.15, -0.1) is 3.97 Å². The van der Waals surface area contributed by atoms with Crippen LogP contribution in [0.25, 0.3) is 10.9 Å². The smallest absolute Gasteiger partial charge is 0.370 e. The second-order valence-electron chi connectivity index (χ2n) is 7.74. The number of aliphatic carboxylic acids is 1. The van der Waals surface area contributed by atoms with Crippen molar-refractivity contribution in [3.05, 3.63) is 97.9 Å². The summed E-state index contributed by atoms with van der Waals surface area (Å²) in [5.41, 5.74) is -2.65. The van der Waals surface area contributed by atoms with Crippen LogP contribution in [0.5, 0.6) is 0 Å². The number of hydrogen-bond donors (Lipinski definition) is 1. The maximum Gasteiger partial charge on any atom is 0.370 e. The van der Waals surface area contributed by atoms with Crippen LogP contribution in [0, 0.1) is 0 Å². The molecule has 1 amide bonds. The van der Waals surface area contributed by atoms with Gasteiger partial charge in [0.05, 0.1) is 15.8 Å². The Kier molecular flexibility index (Phi) is 6.91. The molecule has 14 heteroatoms. The number of aromatic nitrogens is 3. The van der Waals surface area contributed by atoms with Crippen molar-refractivity contribution in [2.24, 2.45) is 0 Å². The molecule has 0 bridgehead atoms. The molecule has 0 aliphatic rings. The first-order chi connectivity index (χ1) is 17.4. The van der Waals surface area contributed by atoms with Gasteiger partial charge in [0.25, 0.3) is 15.6 Å². The molecule has 4 rings (SSSR count). The highest BCUT2D eigenvalue weighted by Crippen LogP contribution is 2.21. The molecule has 37 heavy (non-hydrogen) atoms. The molecule has 11 nitrogen and oxygen atoms in total. The minimum absolute atomic E-state index is 0.0220. The first kappa shape index (κ1) is 26.1. The largest absolute Gasteiger partial charge is 0.477 e. The lowest BCUT2D eigenvalue weighted by Gasteiger charge is -2.24. The van der Waals surface area contributed by atoms with Crippen molar-refractivity contribution in [2.75, 3.05) is 5.01 Å². The molecule has 2 aromatic carbocycles. The van der Waals surface area contributed by atoms with E-state index < -0.39 is 39.7 Å². The second-order valence-corrected chi connectivity index (χ2v) is 10.4. The molecule has 4 aromatic rings. The van der Waals surface area contributed by atoms with Gasteiger partial charge in [0, 0.05) is 23.0 Å². The zero-order valence-electron chi connectivity index (χ0n) is 18.9. The van der Waals surface area contributed by atoms with Gasteiger partial charge in [-0.05, 0) is 48.5 Å². The Bertz CT molecular complexity index is 1800. The van der Waals surface area contributed by atoms with Gasteiger partial charge in [-0.25, -0.2) is 23.0 Å². The summed E-state index contributed by atoms with van der Waals surface area (Å²) in [7, 11) is -4.75. The van der Waals surface area contributed by atoms with Crippen LogP contribution in [0.3, 0.4) is 0 Å². The summed E-state index contributed by atoms with van der Waals surface area (Å²) in [6.45, 7) is 0.659. The molecule has 1 N–H and O–H groups in total. The highest BCUT2D eigenvalue weighted by atomic mass is 35.5. The monoisotopic (exact) mass is 563 g/mol. The van der Waals surface area contributed by atoms with Crippen LogP contribution in [0.1, 0.15) is 6.92 Å². The average Bonchev–Trinajstić information content (AvgIpc) is 2.81. The summed E-state index contributed by atoms with van der Waals surface area (Å²) in [4.78, 5) is 50.8. The zero-order valence-corrected chi connectivity index (χ0v) is 21.2. The van der Waals surface area contributed by atoms with Gasteiger partial charge in [-0.2, -0.15) is 9.24 Å². The Morgan fingerprint density at radius 1 is 1.03 bits per heavy atom. The predicted octanol–water partition coefficient (Wildman–Crippen LogP) is 1.90. The van der Waals surface area contributed by atoms with Crippen molar-refractivity contribution in [1.29, 1.82) is 0 Å². The Morgan fingerprint density at radius 2 is 1.68 bits per heavy atom. The number of carbonyl (C=O) groups excluding carboxylic acids is 1. The summed E-state index contributed by atoms with van der Waals surface area (Å²) in [6, 6.07) is 11.5. The lowest BCUT2D eigenvalue weighted by atomic mass is 10.2. The van der Waals surface area contributed by atoms with Crippen molar-refractivity contribution in [2.45, 2.75) is 18.4 Å². The van der Waals surface area contributed by atoms with Crippen LogP contribution >= 0.6 is 23.2 Å². The molecule has 0 atom stereocenters. The van der Waals surface area contributed by atoms with E-state index in [9.17, 15) is 27.6 Å². The van der Waals surface area contributed by atoms with E-state index in [1.165, 1.54) is 59.4 Å². The van der Waals surface area contributed by atoms with Gasteiger partial charge < -0.3 is 5.11 Å². The van der Waals surface area contributed by atoms with E-state index in [0.29, 0.717) is 4.68 Å². The summed E-state index contributed by atoms with van der Waals surface area (Å²) in [6.07, 6.45) is 2.71. The lowest BCUT2D eigenvalue weighted by molar-refractivity contribution is -0.685. The van der Waals surface area contributed by atoms with E-state index in [1.807, 2.05) is 0 Å². The van der Waals surface area contributed by atoms with Gasteiger partial charge in [-0.1, -0.05) is 23.2 Å². The van der Waals surface area contributed by atoms with Gasteiger partial charge >= 0.3 is 11.7 Å². The first-order valence-corrected chi connectivity index (χ1v) is 12.6. The van der Waals surface area contributed by atoms with E-state index in [0.717, 1.165) is 24.1 Å². The number of pyridine rings is 1. The molecule has 0 unspecified atom stereocenters. The molecule has 0 saturated carbocycles. The molecule has 0 saturated heterocycles. The molecule has 0 aliphatic carbocycles. The van der Waals surface area contributed by atoms with E-state index in [2.05, 4.69) is 0 Å². The van der Waals surface area contributed by atoms with Gasteiger partial charge in [-0.3, -0.25) is 9.59 Å². The molecular formula is C23H17Cl2N4O7S+. The van der Waals surface area contributed by atoms with Crippen LogP contribution in [-0.2, 0) is 26.2 Å². The Hall–Kier alpha value is -4.00. The Labute approximate surface area is 219 Å². The number of halogens is 2. The summed E-state index contributed by atoms with van der Waals surface area (Å²) < 4.78 is 28.9. The number of nitrogens with zero attached hydrogens (tertiary/aromatic N) is 4. The summed E-state index contributed by atoms with van der Waals surface area (Å²) in [5, 5.41) is 10.1. The SMILES string of the molecule is CC(=O)N(c1ccc[n+](CC(=O)O)c1)n1c(=O)n(S(=O)(=O)c2ccc(Cl)cc2)c(=O)c2ccc(Cl)cc21. The van der Waals surface area contributed by atoms with Crippen LogP contribution in [0.2, 0.25) is 10.0 Å². The minimum Gasteiger partial charge on any atom is -0.477 e. The Morgan fingerprint density at radius 3 is 2.30 bits per heavy atom. The molecule has 0 radical (unpaired) electrons. The van der Waals surface area contributed by atoms with E-state index >= 15 is 0 Å². The standard InChI is InChI=1S/C23H16Cl2N4O7S/c1-14(30)27(17-3-2-10-26(12-17)13-21(31)32)28-20-11-16(25)6-9-19(20)22(33)29(23(28)34)37(35,36)18-7-4-15(24)5-8-18/h2-12H,13H2,1H3/p+1. The van der Waals surface area contributed by atoms with E-state index in [4.69, 9.17) is 28.3 Å². The third kappa shape index (κ3) is 4.86. The quantitative estimate of drug-likeness (QED) is 0.353. The van der Waals surface area contributed by atoms with E-state index in [1.54, 1.807) is 0 Å². The molecule has 0 aliphatic heterocycles. The summed E-state index contributed by atoms with van der Waals surface area (Å²) >= 11 is 12.0. The number of fused-ring (bicyclic) bond motifs is 1. The number of hydrogen-bond acceptors (Lipinski definition) is 6. The van der Waals surface area contributed by atoms with Crippen molar-refractivity contribution in [3.8, 4) is 0 Å². The predicted molar refractivity (Wildman–Crippen MR) is 134 cm³/mol. The van der Waals surface area contributed by atoms with Gasteiger partial charge in [0.1, 0.15) is 5.69 Å². The van der Waals surface area contributed by atoms with E-state index in [-0.39, 0.29) is 35.5 Å². The molecular weight excluding hydrogens is 547 g/mol.